The van der Waals surface area contributed by atoms with Gasteiger partial charge >= 0.3 is 17.9 Å². The number of hydrogen-bond acceptors (Lipinski definition) is 6. The summed E-state index contributed by atoms with van der Waals surface area (Å²) in [5.41, 5.74) is 11.7. The summed E-state index contributed by atoms with van der Waals surface area (Å²) >= 11 is 3.20. The second-order valence-corrected chi connectivity index (χ2v) is 17.8. The van der Waals surface area contributed by atoms with Crippen LogP contribution in [0.25, 0.3) is 6.08 Å². The van der Waals surface area contributed by atoms with Gasteiger partial charge in [-0.05, 0) is 151 Å². The van der Waals surface area contributed by atoms with E-state index in [0.717, 1.165) is 61.4 Å². The third-order valence-electron chi connectivity index (χ3n) is 11.0. The van der Waals surface area contributed by atoms with Crippen molar-refractivity contribution in [2.75, 3.05) is 0 Å². The van der Waals surface area contributed by atoms with E-state index in [1.165, 1.54) is 40.3 Å². The summed E-state index contributed by atoms with van der Waals surface area (Å²) in [6, 6.07) is 70.8. The summed E-state index contributed by atoms with van der Waals surface area (Å²) in [5.74, 6) is -3.14. The normalized spacial score (nSPS) is 9.04. The molecule has 8 rings (SSSR count). The minimum absolute atomic E-state index is 0. The van der Waals surface area contributed by atoms with E-state index in [1.54, 1.807) is 72.2 Å². The van der Waals surface area contributed by atoms with Gasteiger partial charge in [0.1, 0.15) is 0 Å². The molecule has 0 aliphatic carbocycles. The van der Waals surface area contributed by atoms with E-state index in [4.69, 9.17) is 25.8 Å². The molecule has 1 amide bonds. The third kappa shape index (κ3) is 38.2. The molecule has 0 saturated heterocycles. The predicted molar refractivity (Wildman–Crippen MR) is 327 cm³/mol. The van der Waals surface area contributed by atoms with Crippen molar-refractivity contribution < 1.29 is 161 Å². The molecule has 8 aromatic rings. The second-order valence-electron chi connectivity index (χ2n) is 16.9. The number of hydrogen-bond donors (Lipinski definition) is 5. The maximum Gasteiger partial charge on any atom is 0.335 e. The van der Waals surface area contributed by atoms with Crippen LogP contribution < -0.4 is 5.48 Å². The molecule has 12 nitrogen and oxygen atoms in total. The van der Waals surface area contributed by atoms with Crippen LogP contribution in [0.2, 0.25) is 0 Å². The first-order valence-corrected chi connectivity index (χ1v) is 25.6. The monoisotopic (exact) mass is 1710 g/mol. The molecule has 0 saturated carbocycles. The molecule has 0 bridgehead atoms. The Morgan fingerprint density at radius 2 is 0.771 bits per heavy atom. The van der Waals surface area contributed by atoms with Gasteiger partial charge in [-0.3, -0.25) is 10.0 Å². The summed E-state index contributed by atoms with van der Waals surface area (Å²) in [6.45, 7) is 5.09. The molecule has 0 aliphatic rings. The minimum Gasteiger partial charge on any atom is -0.478 e. The quantitative estimate of drug-likeness (QED) is 0.0251. The van der Waals surface area contributed by atoms with Gasteiger partial charge in [0.25, 0.3) is 5.91 Å². The molecule has 0 atom stereocenters. The van der Waals surface area contributed by atoms with Crippen molar-refractivity contribution in [1.29, 1.82) is 5.26 Å². The molecule has 436 valence electrons. The average Bonchev–Trinajstić information content (AvgIpc) is 3.46. The number of nitrogens with zero attached hydrogens (tertiary/aromatic N) is 1. The molecule has 8 aromatic carbocycles. The van der Waals surface area contributed by atoms with Crippen LogP contribution in [0.15, 0.2) is 242 Å². The number of rotatable bonds is 17. The fraction of sp³-hybridized carbons (Fsp3) is 0.149. The molecule has 0 aromatic heterocycles. The standard InChI is InChI=1S/C16H17NO2.C16H16O2.C16H14O2.C9H10.C7H5BrO2.C2H3N.CH4.2Ac.2H2O.Pd.H2/c18-16(17-19)15-11-9-14(10-12-15)8-4-7-13-5-2-1-3-6-13;2*17-16(18)15-11-9-14(10-12-15)8-4-7-13-5-2-1-3-6-13;1-2-6-9-7-4-3-5-8-9;8-6-3-1-5(2-4-6)7(9)10;1-2-3;;;;;;;/h1-3,5-6,9-12,19H,4,7-8H2,(H,17,18);1-3,5-6,9-12H,4,7-8H2,(H,17,18);1-6,8-12H,7H2,(H,17,18);2-5,7-8H,1,6H2;1-4H,(H,9,10);1H3;1H4;;;2*1H2;;1H. The van der Waals surface area contributed by atoms with Gasteiger partial charge in [0.05, 0.1) is 22.8 Å². The SMILES string of the molecule is C.C=CCc1ccccc1.CC#N.O.O.O=C(NO)c1ccc(CCCc2ccccc2)cc1.O=C(O)c1ccc(Br)cc1.O=C(O)c1ccc(C=CCc2ccccc2)cc1.O=C(O)c1ccc(CCCc2ccccc2)cc1.[Ac].[Ac].[HH].[Pd]. The van der Waals surface area contributed by atoms with Gasteiger partial charge in [-0.1, -0.05) is 199 Å². The summed E-state index contributed by atoms with van der Waals surface area (Å²) in [7, 11) is 0. The molecule has 16 heteroatoms. The molecular formula is C67H75Ac2BrN2O10Pd. The Balaban J connectivity index is -0.000000306. The minimum atomic E-state index is -0.896. The number of aryl methyl sites for hydroxylation is 4. The van der Waals surface area contributed by atoms with E-state index in [0.29, 0.717) is 22.3 Å². The first-order valence-electron chi connectivity index (χ1n) is 24.8. The molecule has 0 heterocycles. The van der Waals surface area contributed by atoms with Crippen LogP contribution in [-0.2, 0) is 58.9 Å². The van der Waals surface area contributed by atoms with Crippen molar-refractivity contribution in [1.82, 2.24) is 5.48 Å². The molecule has 2 radical (unpaired) electrons. The number of benzene rings is 8. The molecule has 0 aliphatic heterocycles. The Labute approximate surface area is 584 Å². The smallest absolute Gasteiger partial charge is 0.335 e. The number of nitrogens with one attached hydrogen (secondary N) is 1. The fourth-order valence-electron chi connectivity index (χ4n) is 7.04. The van der Waals surface area contributed by atoms with Gasteiger partial charge in [-0.2, -0.15) is 5.26 Å². The first kappa shape index (κ1) is 84.0. The molecule has 83 heavy (non-hydrogen) atoms. The maximum atomic E-state index is 11.2. The van der Waals surface area contributed by atoms with E-state index in [1.807, 2.05) is 97.1 Å². The number of aromatic carboxylic acids is 3. The van der Waals surface area contributed by atoms with E-state index < -0.39 is 23.8 Å². The number of allylic oxidation sites excluding steroid dienone is 2. The first-order chi connectivity index (χ1) is 37.3. The average molecular weight is 1710 g/mol. The van der Waals surface area contributed by atoms with E-state index >= 15 is 0 Å². The Kier molecular flexibility index (Phi) is 52.7. The number of carbonyl (C=O) groups excluding carboxylic acids is 1. The topological polar surface area (TPSA) is 248 Å². The van der Waals surface area contributed by atoms with Crippen molar-refractivity contribution in [3.05, 3.63) is 303 Å². The number of carboxylic acid groups (broad SMARTS) is 3. The third-order valence-corrected chi connectivity index (χ3v) is 11.6. The Hall–Kier alpha value is -5.48. The maximum absolute atomic E-state index is 11.2. The van der Waals surface area contributed by atoms with Gasteiger partial charge < -0.3 is 26.3 Å². The van der Waals surface area contributed by atoms with Crippen molar-refractivity contribution >= 4 is 45.8 Å². The zero-order chi connectivity index (χ0) is 55.9. The van der Waals surface area contributed by atoms with Gasteiger partial charge in [0.2, 0.25) is 0 Å². The van der Waals surface area contributed by atoms with E-state index in [9.17, 15) is 19.2 Å². The number of amides is 1. The summed E-state index contributed by atoms with van der Waals surface area (Å²) in [5, 5.41) is 41.9. The van der Waals surface area contributed by atoms with Crippen molar-refractivity contribution in [3.8, 4) is 6.07 Å². The Morgan fingerprint density at radius 3 is 1.08 bits per heavy atom. The zero-order valence-corrected chi connectivity index (χ0v) is 58.2. The summed E-state index contributed by atoms with van der Waals surface area (Å²) < 4.78 is 0.887. The van der Waals surface area contributed by atoms with Gasteiger partial charge in [0, 0.05) is 127 Å². The van der Waals surface area contributed by atoms with Crippen molar-refractivity contribution in [2.45, 2.75) is 65.7 Å². The van der Waals surface area contributed by atoms with Crippen LogP contribution in [0.1, 0.15) is 109 Å². The number of nitriles is 1. The van der Waals surface area contributed by atoms with Gasteiger partial charge in [0.15, 0.2) is 0 Å². The molecule has 0 fully saturated rings. The number of halogens is 1. The van der Waals surface area contributed by atoms with Crippen LogP contribution in [0.4, 0.5) is 0 Å². The van der Waals surface area contributed by atoms with Crippen LogP contribution in [0.3, 0.4) is 0 Å². The van der Waals surface area contributed by atoms with Crippen LogP contribution in [-0.4, -0.2) is 55.3 Å². The molecule has 0 unspecified atom stereocenters. The summed E-state index contributed by atoms with van der Waals surface area (Å²) in [4.78, 5) is 42.9. The van der Waals surface area contributed by atoms with Gasteiger partial charge in [-0.25, -0.2) is 19.9 Å². The predicted octanol–water partition coefficient (Wildman–Crippen LogP) is 14.5. The number of hydroxylamine groups is 1. The second kappa shape index (κ2) is 52.1. The fourth-order valence-corrected chi connectivity index (χ4v) is 7.30. The van der Waals surface area contributed by atoms with Crippen LogP contribution >= 0.6 is 15.9 Å². The zero-order valence-electron chi connectivity index (χ0n) is 45.6. The van der Waals surface area contributed by atoms with Crippen LogP contribution in [0.5, 0.6) is 0 Å². The molecule has 0 spiro atoms. The largest absolute Gasteiger partial charge is 0.478 e. The van der Waals surface area contributed by atoms with Crippen molar-refractivity contribution in [3.63, 3.8) is 0 Å². The Bertz CT molecular complexity index is 3040. The Morgan fingerprint density at radius 1 is 0.494 bits per heavy atom. The number of carboxylic acids is 3. The molecule has 9 N–H and O–H groups in total. The molecular weight excluding hydrogens is 1630 g/mol. The van der Waals surface area contributed by atoms with E-state index in [2.05, 4.69) is 101 Å². The number of carbonyl (C=O) groups is 4. The van der Waals surface area contributed by atoms with Crippen LogP contribution in [0, 0.1) is 99.5 Å². The summed E-state index contributed by atoms with van der Waals surface area (Å²) in [6.07, 6.45) is 14.1. The van der Waals surface area contributed by atoms with E-state index in [-0.39, 0.29) is 128 Å². The van der Waals surface area contributed by atoms with Gasteiger partial charge in [-0.15, -0.1) is 6.58 Å². The van der Waals surface area contributed by atoms with Crippen molar-refractivity contribution in [2.24, 2.45) is 0 Å².